The molecule has 1 unspecified atom stereocenters. The van der Waals surface area contributed by atoms with Crippen LogP contribution < -0.4 is 5.73 Å². The highest BCUT2D eigenvalue weighted by molar-refractivity contribution is 5.05. The number of ether oxygens (including phenoxy) is 1. The molecule has 2 N–H and O–H groups in total. The van der Waals surface area contributed by atoms with Gasteiger partial charge in [0.15, 0.2) is 0 Å². The van der Waals surface area contributed by atoms with Gasteiger partial charge < -0.3 is 15.0 Å². The van der Waals surface area contributed by atoms with Crippen LogP contribution in [0.5, 0.6) is 0 Å². The molecule has 0 saturated heterocycles. The van der Waals surface area contributed by atoms with Gasteiger partial charge in [0.2, 0.25) is 11.7 Å². The first-order valence-electron chi connectivity index (χ1n) is 8.39. The molecule has 2 aliphatic rings. The lowest BCUT2D eigenvalue weighted by Crippen LogP contribution is -2.39. The molecule has 0 aromatic carbocycles. The number of hydrogen-bond donors (Lipinski definition) is 1. The van der Waals surface area contributed by atoms with Crippen LogP contribution in [0.4, 0.5) is 0 Å². The van der Waals surface area contributed by atoms with Gasteiger partial charge in [-0.25, -0.2) is 0 Å². The summed E-state index contributed by atoms with van der Waals surface area (Å²) in [5, 5.41) is 4.19. The van der Waals surface area contributed by atoms with Crippen LogP contribution in [0.3, 0.4) is 0 Å². The Bertz CT molecular complexity index is 448. The largest absolute Gasteiger partial charge is 0.373 e. The molecule has 5 nitrogen and oxygen atoms in total. The number of aromatic nitrogens is 2. The molecule has 3 rings (SSSR count). The van der Waals surface area contributed by atoms with E-state index in [0.29, 0.717) is 17.6 Å². The Morgan fingerprint density at radius 1 is 1.14 bits per heavy atom. The Labute approximate surface area is 126 Å². The third-order valence-electron chi connectivity index (χ3n) is 5.20. The zero-order valence-corrected chi connectivity index (χ0v) is 13.0. The molecule has 2 saturated carbocycles. The first-order chi connectivity index (χ1) is 10.2. The Hall–Kier alpha value is -0.940. The molecule has 1 aromatic heterocycles. The summed E-state index contributed by atoms with van der Waals surface area (Å²) >= 11 is 0. The van der Waals surface area contributed by atoms with Crippen LogP contribution in [0.15, 0.2) is 4.52 Å². The van der Waals surface area contributed by atoms with Gasteiger partial charge in [-0.05, 0) is 31.6 Å². The van der Waals surface area contributed by atoms with Crippen molar-refractivity contribution in [2.24, 2.45) is 11.7 Å². The molecule has 0 spiro atoms. The van der Waals surface area contributed by atoms with Crippen molar-refractivity contribution in [3.63, 3.8) is 0 Å². The number of nitrogens with zero attached hydrogens (tertiary/aromatic N) is 2. The average Bonchev–Trinajstić information content (AvgIpc) is 3.00. The van der Waals surface area contributed by atoms with Crippen LogP contribution in [-0.4, -0.2) is 17.3 Å². The molecule has 0 aliphatic heterocycles. The molecular weight excluding hydrogens is 266 g/mol. The summed E-state index contributed by atoms with van der Waals surface area (Å²) in [6.07, 6.45) is 11.6. The van der Waals surface area contributed by atoms with Crippen molar-refractivity contribution in [1.29, 1.82) is 0 Å². The summed E-state index contributed by atoms with van der Waals surface area (Å²) in [6.45, 7) is 0. The van der Waals surface area contributed by atoms with Gasteiger partial charge in [0.25, 0.3) is 0 Å². The summed E-state index contributed by atoms with van der Waals surface area (Å²) in [7, 11) is 1.74. The maximum Gasteiger partial charge on any atom is 0.246 e. The molecule has 5 heteroatoms. The van der Waals surface area contributed by atoms with Gasteiger partial charge in [-0.15, -0.1) is 0 Å². The van der Waals surface area contributed by atoms with Crippen LogP contribution in [-0.2, 0) is 10.3 Å². The minimum absolute atomic E-state index is 0.0463. The van der Waals surface area contributed by atoms with E-state index in [-0.39, 0.29) is 6.10 Å². The van der Waals surface area contributed by atoms with Crippen LogP contribution in [0.1, 0.15) is 82.0 Å². The predicted octanol–water partition coefficient (Wildman–Crippen LogP) is 3.46. The molecule has 21 heavy (non-hydrogen) atoms. The first-order valence-corrected chi connectivity index (χ1v) is 8.39. The lowest BCUT2D eigenvalue weighted by molar-refractivity contribution is 0.0273. The van der Waals surface area contributed by atoms with Gasteiger partial charge >= 0.3 is 0 Å². The van der Waals surface area contributed by atoms with Gasteiger partial charge in [0.05, 0.1) is 5.54 Å². The highest BCUT2D eigenvalue weighted by Crippen LogP contribution is 2.38. The number of rotatable bonds is 4. The lowest BCUT2D eigenvalue weighted by atomic mass is 9.82. The number of methoxy groups -OCH3 is 1. The predicted molar refractivity (Wildman–Crippen MR) is 79.6 cm³/mol. The SMILES string of the molecule is COC(c1noc(C2(N)CCCCC2)n1)C1CCCCC1. The van der Waals surface area contributed by atoms with E-state index in [0.717, 1.165) is 25.7 Å². The van der Waals surface area contributed by atoms with E-state index in [1.54, 1.807) is 7.11 Å². The van der Waals surface area contributed by atoms with Crippen molar-refractivity contribution >= 4 is 0 Å². The zero-order valence-electron chi connectivity index (χ0n) is 13.0. The molecule has 1 atom stereocenters. The average molecular weight is 293 g/mol. The maximum atomic E-state index is 6.48. The van der Waals surface area contributed by atoms with Crippen molar-refractivity contribution < 1.29 is 9.26 Å². The molecule has 1 aromatic rings. The molecule has 0 amide bonds. The minimum atomic E-state index is -0.422. The Balaban J connectivity index is 1.76. The molecule has 2 fully saturated rings. The molecule has 0 radical (unpaired) electrons. The molecule has 0 bridgehead atoms. The van der Waals surface area contributed by atoms with Crippen molar-refractivity contribution in [3.8, 4) is 0 Å². The summed E-state index contributed by atoms with van der Waals surface area (Å²) in [5.41, 5.74) is 6.05. The summed E-state index contributed by atoms with van der Waals surface area (Å²) in [5.74, 6) is 1.80. The maximum absolute atomic E-state index is 6.48. The van der Waals surface area contributed by atoms with E-state index in [1.165, 1.54) is 38.5 Å². The van der Waals surface area contributed by atoms with E-state index >= 15 is 0 Å². The quantitative estimate of drug-likeness (QED) is 0.920. The van der Waals surface area contributed by atoms with Crippen LogP contribution >= 0.6 is 0 Å². The van der Waals surface area contributed by atoms with E-state index in [9.17, 15) is 0 Å². The van der Waals surface area contributed by atoms with Crippen molar-refractivity contribution in [2.75, 3.05) is 7.11 Å². The minimum Gasteiger partial charge on any atom is -0.373 e. The van der Waals surface area contributed by atoms with Crippen LogP contribution in [0.25, 0.3) is 0 Å². The van der Waals surface area contributed by atoms with Crippen molar-refractivity contribution in [3.05, 3.63) is 11.7 Å². The smallest absolute Gasteiger partial charge is 0.246 e. The Morgan fingerprint density at radius 3 is 2.48 bits per heavy atom. The molecule has 2 aliphatic carbocycles. The second-order valence-electron chi connectivity index (χ2n) is 6.73. The fraction of sp³-hybridized carbons (Fsp3) is 0.875. The van der Waals surface area contributed by atoms with Crippen LogP contribution in [0, 0.1) is 5.92 Å². The summed E-state index contributed by atoms with van der Waals surface area (Å²) in [4.78, 5) is 4.62. The van der Waals surface area contributed by atoms with Gasteiger partial charge in [0, 0.05) is 7.11 Å². The monoisotopic (exact) mass is 293 g/mol. The summed E-state index contributed by atoms with van der Waals surface area (Å²) < 4.78 is 11.2. The second kappa shape index (κ2) is 6.44. The fourth-order valence-electron chi connectivity index (χ4n) is 3.89. The zero-order chi connectivity index (χ0) is 14.7. The number of nitrogens with two attached hydrogens (primary N) is 1. The number of hydrogen-bond acceptors (Lipinski definition) is 5. The third-order valence-corrected chi connectivity index (χ3v) is 5.20. The van der Waals surface area contributed by atoms with Crippen LogP contribution in [0.2, 0.25) is 0 Å². The molecular formula is C16H27N3O2. The highest BCUT2D eigenvalue weighted by atomic mass is 16.5. The fourth-order valence-corrected chi connectivity index (χ4v) is 3.89. The third kappa shape index (κ3) is 3.14. The lowest BCUT2D eigenvalue weighted by Gasteiger charge is -2.29. The van der Waals surface area contributed by atoms with Gasteiger partial charge in [-0.2, -0.15) is 4.98 Å². The molecule has 118 valence electrons. The standard InChI is InChI=1S/C16H27N3O2/c1-20-13(12-8-4-2-5-9-12)14-18-15(21-19-14)16(17)10-6-3-7-11-16/h12-13H,2-11,17H2,1H3. The Morgan fingerprint density at radius 2 is 1.81 bits per heavy atom. The second-order valence-corrected chi connectivity index (χ2v) is 6.73. The van der Waals surface area contributed by atoms with Gasteiger partial charge in [-0.1, -0.05) is 43.7 Å². The van der Waals surface area contributed by atoms with E-state index in [4.69, 9.17) is 15.0 Å². The summed E-state index contributed by atoms with van der Waals surface area (Å²) in [6, 6.07) is 0. The van der Waals surface area contributed by atoms with E-state index in [1.807, 2.05) is 0 Å². The molecule has 1 heterocycles. The van der Waals surface area contributed by atoms with Crippen molar-refractivity contribution in [1.82, 2.24) is 10.1 Å². The van der Waals surface area contributed by atoms with Gasteiger partial charge in [0.1, 0.15) is 6.10 Å². The van der Waals surface area contributed by atoms with E-state index < -0.39 is 5.54 Å². The van der Waals surface area contributed by atoms with E-state index in [2.05, 4.69) is 10.1 Å². The van der Waals surface area contributed by atoms with Gasteiger partial charge in [-0.3, -0.25) is 0 Å². The first kappa shape index (κ1) is 15.0. The van der Waals surface area contributed by atoms with Crippen molar-refractivity contribution in [2.45, 2.75) is 75.9 Å². The Kier molecular flexibility index (Phi) is 4.60. The topological polar surface area (TPSA) is 74.2 Å². The normalized spacial score (nSPS) is 24.9. The highest BCUT2D eigenvalue weighted by Gasteiger charge is 2.37.